The molecule has 0 aliphatic rings. The molecule has 0 fully saturated rings. The molecule has 0 aromatic rings. The van der Waals surface area contributed by atoms with Gasteiger partial charge in [0.05, 0.1) is 23.6 Å². The lowest BCUT2D eigenvalue weighted by Gasteiger charge is -2.18. The number of unbranched alkanes of at least 4 members (excludes halogenated alkanes) is 1. The van der Waals surface area contributed by atoms with Crippen LogP contribution in [-0.2, 0) is 0 Å². The highest BCUT2D eigenvalue weighted by Crippen LogP contribution is 2.23. The maximum Gasteiger partial charge on any atom is 0.389 e. The van der Waals surface area contributed by atoms with Crippen LogP contribution in [0.25, 0.3) is 0 Å². The van der Waals surface area contributed by atoms with Crippen molar-refractivity contribution in [1.82, 2.24) is 0 Å². The molecule has 0 aromatic carbocycles. The molecule has 3 atom stereocenters. The molecule has 0 saturated heterocycles. The maximum absolute atomic E-state index is 12.0. The third-order valence-corrected chi connectivity index (χ3v) is 4.07. The molecule has 0 aliphatic carbocycles. The Kier molecular flexibility index (Phi) is 13.3. The number of allylic oxidation sites excluding steroid dienone is 7. The van der Waals surface area contributed by atoms with Crippen molar-refractivity contribution in [2.45, 2.75) is 75.9 Å². The molecular weight excluding hydrogens is 385 g/mol. The maximum atomic E-state index is 12.0. The zero-order valence-electron chi connectivity index (χ0n) is 16.9. The van der Waals surface area contributed by atoms with Gasteiger partial charge in [0.15, 0.2) is 0 Å². The van der Waals surface area contributed by atoms with Crippen LogP contribution >= 0.6 is 0 Å². The number of halogens is 3. The Morgan fingerprint density at radius 3 is 2.10 bits per heavy atom. The average molecular weight is 418 g/mol. The summed E-state index contributed by atoms with van der Waals surface area (Å²) in [5, 5.41) is 38.6. The normalized spacial score (nSPS) is 17.5. The van der Waals surface area contributed by atoms with Crippen LogP contribution in [0.3, 0.4) is 0 Å². The lowest BCUT2D eigenvalue weighted by molar-refractivity contribution is -0.136. The van der Waals surface area contributed by atoms with Gasteiger partial charge in [0.25, 0.3) is 0 Å². The van der Waals surface area contributed by atoms with E-state index in [0.29, 0.717) is 19.3 Å². The van der Waals surface area contributed by atoms with Gasteiger partial charge >= 0.3 is 6.18 Å². The van der Waals surface area contributed by atoms with E-state index in [-0.39, 0.29) is 25.0 Å². The number of hydrogen-bond donors (Lipinski definition) is 4. The highest BCUT2D eigenvalue weighted by molar-refractivity contribution is 5.17. The Bertz CT molecular complexity index is 575. The molecule has 1 unspecified atom stereocenters. The highest BCUT2D eigenvalue weighted by Gasteiger charge is 2.26. The van der Waals surface area contributed by atoms with E-state index in [9.17, 15) is 28.5 Å². The van der Waals surface area contributed by atoms with Crippen LogP contribution in [0.4, 0.5) is 13.2 Å². The molecule has 0 amide bonds. The van der Waals surface area contributed by atoms with Crippen molar-refractivity contribution < 1.29 is 33.6 Å². The van der Waals surface area contributed by atoms with Gasteiger partial charge in [0.1, 0.15) is 0 Å². The van der Waals surface area contributed by atoms with Crippen LogP contribution < -0.4 is 0 Å². The van der Waals surface area contributed by atoms with E-state index in [4.69, 9.17) is 5.11 Å². The largest absolute Gasteiger partial charge is 0.513 e. The van der Waals surface area contributed by atoms with Gasteiger partial charge in [-0.15, -0.1) is 0 Å². The molecule has 0 bridgehead atoms. The van der Waals surface area contributed by atoms with E-state index in [1.165, 1.54) is 12.2 Å². The SMILES string of the molecule is C=C(O)CCC[C@](C)(O)/C=C/C=C\C=C\C=C\[C@@H](O)C(O)CCCCC(F)(F)F. The fraction of sp³-hybridized carbons (Fsp3) is 0.545. The molecule has 0 aliphatic heterocycles. The van der Waals surface area contributed by atoms with Crippen molar-refractivity contribution in [2.24, 2.45) is 0 Å². The van der Waals surface area contributed by atoms with Crippen LogP contribution in [0.2, 0.25) is 0 Å². The smallest absolute Gasteiger partial charge is 0.389 e. The Hall–Kier alpha value is -1.83. The molecule has 0 radical (unpaired) electrons. The van der Waals surface area contributed by atoms with Crippen molar-refractivity contribution in [3.8, 4) is 0 Å². The van der Waals surface area contributed by atoms with Gasteiger partial charge in [-0.2, -0.15) is 13.2 Å². The van der Waals surface area contributed by atoms with Crippen molar-refractivity contribution >= 4 is 0 Å². The monoisotopic (exact) mass is 418 g/mol. The van der Waals surface area contributed by atoms with E-state index in [0.717, 1.165) is 0 Å². The first-order valence-electron chi connectivity index (χ1n) is 9.64. The molecule has 0 rings (SSSR count). The van der Waals surface area contributed by atoms with Crippen LogP contribution in [0.5, 0.6) is 0 Å². The summed E-state index contributed by atoms with van der Waals surface area (Å²) in [4.78, 5) is 0. The van der Waals surface area contributed by atoms with Gasteiger partial charge in [-0.05, 0) is 32.6 Å². The van der Waals surface area contributed by atoms with Crippen molar-refractivity contribution in [2.75, 3.05) is 0 Å². The summed E-state index contributed by atoms with van der Waals surface area (Å²) in [5.74, 6) is 0.0990. The molecule has 7 heteroatoms. The summed E-state index contributed by atoms with van der Waals surface area (Å²) < 4.78 is 36.1. The molecule has 29 heavy (non-hydrogen) atoms. The number of aliphatic hydroxyl groups excluding tert-OH is 3. The molecule has 0 aromatic heterocycles. The molecule has 0 spiro atoms. The van der Waals surface area contributed by atoms with E-state index in [2.05, 4.69) is 6.58 Å². The fourth-order valence-corrected chi connectivity index (χ4v) is 2.41. The van der Waals surface area contributed by atoms with E-state index >= 15 is 0 Å². The fourth-order valence-electron chi connectivity index (χ4n) is 2.41. The second kappa shape index (κ2) is 14.2. The predicted molar refractivity (Wildman–Crippen MR) is 109 cm³/mol. The lowest BCUT2D eigenvalue weighted by atomic mass is 9.98. The standard InChI is InChI=1S/C22H33F3O4/c1-18(26)12-11-16-21(2,29)15-9-6-4-3-5-7-13-19(27)20(28)14-8-10-17-22(23,24)25/h3-7,9,13,15,19-20,26-29H,1,8,10-12,14,16-17H2,2H3/b5-3+,6-4-,13-7+,15-9+/t19-,20?,21-/m1/s1. The summed E-state index contributed by atoms with van der Waals surface area (Å²) in [7, 11) is 0. The van der Waals surface area contributed by atoms with E-state index in [1.54, 1.807) is 43.4 Å². The molecule has 0 saturated carbocycles. The summed E-state index contributed by atoms with van der Waals surface area (Å²) in [6, 6.07) is 0. The summed E-state index contributed by atoms with van der Waals surface area (Å²) >= 11 is 0. The Morgan fingerprint density at radius 2 is 1.52 bits per heavy atom. The highest BCUT2D eigenvalue weighted by atomic mass is 19.4. The van der Waals surface area contributed by atoms with Crippen LogP contribution in [0.1, 0.15) is 51.9 Å². The Balaban J connectivity index is 4.14. The predicted octanol–water partition coefficient (Wildman–Crippen LogP) is 5.05. The number of rotatable bonds is 14. The first kappa shape index (κ1) is 27.2. The second-order valence-corrected chi connectivity index (χ2v) is 7.21. The van der Waals surface area contributed by atoms with Crippen LogP contribution in [-0.4, -0.2) is 44.4 Å². The lowest BCUT2D eigenvalue weighted by Crippen LogP contribution is -2.23. The van der Waals surface area contributed by atoms with E-state index in [1.807, 2.05) is 0 Å². The van der Waals surface area contributed by atoms with Gasteiger partial charge < -0.3 is 20.4 Å². The summed E-state index contributed by atoms with van der Waals surface area (Å²) in [5.41, 5.74) is -0.982. The quantitative estimate of drug-likeness (QED) is 0.181. The van der Waals surface area contributed by atoms with Crippen LogP contribution in [0.15, 0.2) is 60.9 Å². The van der Waals surface area contributed by atoms with E-state index < -0.39 is 30.4 Å². The first-order chi connectivity index (χ1) is 13.4. The zero-order valence-corrected chi connectivity index (χ0v) is 16.9. The molecule has 0 heterocycles. The molecule has 166 valence electrons. The minimum absolute atomic E-state index is 0.0706. The second-order valence-electron chi connectivity index (χ2n) is 7.21. The Morgan fingerprint density at radius 1 is 0.931 bits per heavy atom. The molecular formula is C22H33F3O4. The van der Waals surface area contributed by atoms with Gasteiger partial charge in [-0.25, -0.2) is 0 Å². The number of hydrogen-bond acceptors (Lipinski definition) is 4. The van der Waals surface area contributed by atoms with Gasteiger partial charge in [-0.3, -0.25) is 0 Å². The summed E-state index contributed by atoms with van der Waals surface area (Å²) in [6.45, 7) is 5.07. The van der Waals surface area contributed by atoms with Crippen molar-refractivity contribution in [1.29, 1.82) is 0 Å². The molecule has 4 N–H and O–H groups in total. The number of alkyl halides is 3. The third kappa shape index (κ3) is 18.0. The average Bonchev–Trinajstić information content (AvgIpc) is 2.59. The van der Waals surface area contributed by atoms with Gasteiger partial charge in [-0.1, -0.05) is 61.6 Å². The minimum atomic E-state index is -4.19. The number of aliphatic hydroxyl groups is 4. The zero-order chi connectivity index (χ0) is 22.3. The third-order valence-electron chi connectivity index (χ3n) is 4.07. The topological polar surface area (TPSA) is 80.9 Å². The Labute approximate surface area is 171 Å². The van der Waals surface area contributed by atoms with Crippen molar-refractivity contribution in [3.63, 3.8) is 0 Å². The van der Waals surface area contributed by atoms with Gasteiger partial charge in [0.2, 0.25) is 0 Å². The van der Waals surface area contributed by atoms with Gasteiger partial charge in [0, 0.05) is 12.8 Å². The first-order valence-corrected chi connectivity index (χ1v) is 9.64. The van der Waals surface area contributed by atoms with Crippen molar-refractivity contribution in [3.05, 3.63) is 60.9 Å². The van der Waals surface area contributed by atoms with Crippen LogP contribution in [0, 0.1) is 0 Å². The summed E-state index contributed by atoms with van der Waals surface area (Å²) in [6.07, 6.45) is 7.47. The molecule has 4 nitrogen and oxygen atoms in total. The minimum Gasteiger partial charge on any atom is -0.513 e.